The van der Waals surface area contributed by atoms with Gasteiger partial charge in [0, 0.05) is 13.8 Å². The Balaban J connectivity index is 1.42. The summed E-state index contributed by atoms with van der Waals surface area (Å²) >= 11 is 0. The minimum Gasteiger partial charge on any atom is -0.466 e. The zero-order valence-electron chi connectivity index (χ0n) is 29.3. The summed E-state index contributed by atoms with van der Waals surface area (Å²) in [6, 6.07) is -0.977. The molecule has 16 atom stereocenters. The van der Waals surface area contributed by atoms with E-state index in [2.05, 4.69) is 45.2 Å². The van der Waals surface area contributed by atoms with Crippen LogP contribution in [0.4, 0.5) is 0 Å². The number of rotatable bonds is 11. The van der Waals surface area contributed by atoms with Crippen molar-refractivity contribution in [3.05, 3.63) is 12.2 Å². The molecule has 5 rings (SSSR count). The third kappa shape index (κ3) is 7.34. The Bertz CT molecular complexity index is 1130. The van der Waals surface area contributed by atoms with Gasteiger partial charge in [0.15, 0.2) is 6.29 Å². The summed E-state index contributed by atoms with van der Waals surface area (Å²) in [5, 5.41) is 44.9. The van der Waals surface area contributed by atoms with Crippen LogP contribution in [-0.4, -0.2) is 88.4 Å². The van der Waals surface area contributed by atoms with E-state index in [4.69, 9.17) is 14.2 Å². The first-order valence-electron chi connectivity index (χ1n) is 18.2. The molecule has 3 saturated carbocycles. The van der Waals surface area contributed by atoms with Gasteiger partial charge in [-0.3, -0.25) is 9.59 Å². The van der Waals surface area contributed by atoms with Crippen molar-refractivity contribution in [1.29, 1.82) is 0 Å². The zero-order valence-corrected chi connectivity index (χ0v) is 29.3. The third-order valence-electron chi connectivity index (χ3n) is 13.3. The Morgan fingerprint density at radius 2 is 1.72 bits per heavy atom. The van der Waals surface area contributed by atoms with E-state index < -0.39 is 37.3 Å². The number of allylic oxidation sites excluding steroid dienone is 2. The molecule has 0 aromatic carbocycles. The van der Waals surface area contributed by atoms with Gasteiger partial charge >= 0.3 is 5.97 Å². The average molecular weight is 664 g/mol. The molecule has 268 valence electrons. The molecule has 0 bridgehead atoms. The lowest BCUT2D eigenvalue weighted by Gasteiger charge is -2.59. The number of carbonyl (C=O) groups is 2. The van der Waals surface area contributed by atoms with Gasteiger partial charge in [0.2, 0.25) is 5.91 Å². The highest BCUT2D eigenvalue weighted by Crippen LogP contribution is 2.67. The second-order valence-corrected chi connectivity index (χ2v) is 16.4. The van der Waals surface area contributed by atoms with Crippen molar-refractivity contribution >= 4 is 11.9 Å². The van der Waals surface area contributed by atoms with E-state index in [0.29, 0.717) is 36.2 Å². The fourth-order valence-corrected chi connectivity index (χ4v) is 10.8. The van der Waals surface area contributed by atoms with Crippen LogP contribution in [0.5, 0.6) is 0 Å². The third-order valence-corrected chi connectivity index (χ3v) is 13.3. The van der Waals surface area contributed by atoms with Crippen LogP contribution in [0.25, 0.3) is 0 Å². The van der Waals surface area contributed by atoms with Gasteiger partial charge in [0.1, 0.15) is 24.4 Å². The molecule has 1 aliphatic heterocycles. The maximum absolute atomic E-state index is 12.2. The van der Waals surface area contributed by atoms with Crippen molar-refractivity contribution in [3.63, 3.8) is 0 Å². The minimum atomic E-state index is -1.36. The van der Waals surface area contributed by atoms with Crippen LogP contribution in [0.3, 0.4) is 0 Å². The van der Waals surface area contributed by atoms with Crippen molar-refractivity contribution in [3.8, 4) is 0 Å². The van der Waals surface area contributed by atoms with Crippen molar-refractivity contribution in [2.75, 3.05) is 13.2 Å². The number of ether oxygens (including phenoxy) is 3. The van der Waals surface area contributed by atoms with Gasteiger partial charge in [-0.2, -0.15) is 0 Å². The Labute approximate surface area is 281 Å². The van der Waals surface area contributed by atoms with Crippen molar-refractivity contribution in [2.45, 2.75) is 142 Å². The molecular formula is C37H61NO9. The quantitative estimate of drug-likeness (QED) is 0.164. The summed E-state index contributed by atoms with van der Waals surface area (Å²) in [4.78, 5) is 23.5. The molecular weight excluding hydrogens is 602 g/mol. The highest BCUT2D eigenvalue weighted by Gasteiger charge is 2.63. The number of hydrogen-bond acceptors (Lipinski definition) is 9. The molecule has 0 radical (unpaired) electrons. The highest BCUT2D eigenvalue weighted by molar-refractivity contribution is 5.73. The molecule has 1 amide bonds. The molecule has 5 aliphatic rings. The molecule has 4 aliphatic carbocycles. The van der Waals surface area contributed by atoms with Gasteiger partial charge in [0.05, 0.1) is 25.4 Å². The second kappa shape index (κ2) is 14.7. The number of nitrogens with one attached hydrogen (secondary N) is 1. The van der Waals surface area contributed by atoms with Crippen LogP contribution >= 0.6 is 0 Å². The van der Waals surface area contributed by atoms with E-state index in [0.717, 1.165) is 57.8 Å². The van der Waals surface area contributed by atoms with Crippen molar-refractivity contribution in [1.82, 2.24) is 5.32 Å². The first-order valence-corrected chi connectivity index (χ1v) is 18.2. The topological polar surface area (TPSA) is 155 Å². The highest BCUT2D eigenvalue weighted by atomic mass is 16.7. The lowest BCUT2D eigenvalue weighted by Crippen LogP contribution is -2.65. The van der Waals surface area contributed by atoms with Gasteiger partial charge in [0.25, 0.3) is 0 Å². The van der Waals surface area contributed by atoms with Crippen LogP contribution in [0, 0.1) is 52.3 Å². The van der Waals surface area contributed by atoms with Crippen molar-refractivity contribution in [2.24, 2.45) is 52.3 Å². The Morgan fingerprint density at radius 3 is 2.40 bits per heavy atom. The average Bonchev–Trinajstić information content (AvgIpc) is 3.31. The Kier molecular flexibility index (Phi) is 11.5. The van der Waals surface area contributed by atoms with Gasteiger partial charge in [-0.15, -0.1) is 0 Å². The van der Waals surface area contributed by atoms with E-state index in [1.54, 1.807) is 0 Å². The summed E-state index contributed by atoms with van der Waals surface area (Å²) < 4.78 is 18.3. The Hall–Kier alpha value is -1.56. The predicted molar refractivity (Wildman–Crippen MR) is 176 cm³/mol. The molecule has 4 fully saturated rings. The number of hydrogen-bond donors (Lipinski definition) is 5. The van der Waals surface area contributed by atoms with Gasteiger partial charge < -0.3 is 40.0 Å². The minimum absolute atomic E-state index is 0.0109. The van der Waals surface area contributed by atoms with Crippen LogP contribution in [0.1, 0.15) is 99.3 Å². The van der Waals surface area contributed by atoms with Crippen LogP contribution in [0.15, 0.2) is 12.2 Å². The van der Waals surface area contributed by atoms with Crippen molar-refractivity contribution < 1.29 is 44.2 Å². The maximum atomic E-state index is 12.2. The standard InChI is InChI=1S/C37H61NO9/c1-20(19-45-23(4)41)8-7-9-21(2)28-17-29(46-35-32(38-22(3)40)34(44)33(43)30(18-39)47-35)31-26-11-10-24-16-25(42)12-14-36(24,5)27(26)13-15-37(28,31)6/h10-11,20-21,24-35,39,42-44H,7-9,12-19H2,1-6H3,(H,38,40). The molecule has 1 heterocycles. The van der Waals surface area contributed by atoms with E-state index in [9.17, 15) is 30.0 Å². The van der Waals surface area contributed by atoms with E-state index in [-0.39, 0.29) is 46.8 Å². The molecule has 10 nitrogen and oxygen atoms in total. The normalized spacial score (nSPS) is 45.7. The van der Waals surface area contributed by atoms with Gasteiger partial charge in [-0.05, 0) is 97.2 Å². The first kappa shape index (κ1) is 36.7. The molecule has 5 N–H and O–H groups in total. The summed E-state index contributed by atoms with van der Waals surface area (Å²) in [6.07, 6.45) is 8.30. The lowest BCUT2D eigenvalue weighted by molar-refractivity contribution is -0.288. The van der Waals surface area contributed by atoms with Crippen LogP contribution < -0.4 is 5.32 Å². The largest absolute Gasteiger partial charge is 0.466 e. The fraction of sp³-hybridized carbons (Fsp3) is 0.892. The van der Waals surface area contributed by atoms with Gasteiger partial charge in [-0.1, -0.05) is 52.7 Å². The maximum Gasteiger partial charge on any atom is 0.302 e. The summed E-state index contributed by atoms with van der Waals surface area (Å²) in [7, 11) is 0. The molecule has 10 heteroatoms. The lowest BCUT2D eigenvalue weighted by atomic mass is 9.46. The fourth-order valence-electron chi connectivity index (χ4n) is 10.8. The number of aliphatic hydroxyl groups is 4. The number of fused-ring (bicyclic) bond motifs is 5. The predicted octanol–water partition coefficient (Wildman–Crippen LogP) is 3.73. The monoisotopic (exact) mass is 663 g/mol. The molecule has 0 spiro atoms. The van der Waals surface area contributed by atoms with Crippen LogP contribution in [0.2, 0.25) is 0 Å². The van der Waals surface area contributed by atoms with E-state index >= 15 is 0 Å². The molecule has 0 aromatic rings. The first-order chi connectivity index (χ1) is 22.2. The zero-order chi connectivity index (χ0) is 34.3. The summed E-state index contributed by atoms with van der Waals surface area (Å²) in [6.45, 7) is 12.1. The SMILES string of the molecule is CC(=O)NC1C(OC2CC(C(C)CCCC(C)COC(C)=O)C3(C)CCC4C(C=CC5CC(O)CCC54C)C23)OC(CO)C(O)C1O. The summed E-state index contributed by atoms with van der Waals surface area (Å²) in [5.41, 5.74) is 0.0949. The summed E-state index contributed by atoms with van der Waals surface area (Å²) in [5.74, 6) is 1.77. The molecule has 0 aromatic heterocycles. The number of aliphatic hydroxyl groups excluding tert-OH is 4. The molecule has 47 heavy (non-hydrogen) atoms. The molecule has 16 unspecified atom stereocenters. The number of carbonyl (C=O) groups excluding carboxylic acids is 2. The molecule has 1 saturated heterocycles. The van der Waals surface area contributed by atoms with Crippen LogP contribution in [-0.2, 0) is 23.8 Å². The number of esters is 1. The van der Waals surface area contributed by atoms with Gasteiger partial charge in [-0.25, -0.2) is 0 Å². The smallest absolute Gasteiger partial charge is 0.302 e. The Morgan fingerprint density at radius 1 is 1.00 bits per heavy atom. The number of amides is 1. The second-order valence-electron chi connectivity index (χ2n) is 16.4. The van der Waals surface area contributed by atoms with E-state index in [1.807, 2.05) is 0 Å². The van der Waals surface area contributed by atoms with E-state index in [1.165, 1.54) is 13.8 Å².